The van der Waals surface area contributed by atoms with Gasteiger partial charge in [-0.2, -0.15) is 0 Å². The number of aliphatic hydroxyl groups is 1. The average molecular weight is 1010 g/mol. The number of esters is 1. The van der Waals surface area contributed by atoms with Crippen molar-refractivity contribution in [3.63, 3.8) is 0 Å². The molecule has 382 valence electrons. The third-order valence-electron chi connectivity index (χ3n) is 14.7. The molecule has 5 N–H and O–H groups in total. The highest BCUT2D eigenvalue weighted by Crippen LogP contribution is 2.66. The number of nitrogens with one attached hydrogen (secondary N) is 2. The Bertz CT molecular complexity index is 3200. The van der Waals surface area contributed by atoms with E-state index in [1.807, 2.05) is 115 Å². The van der Waals surface area contributed by atoms with Gasteiger partial charge in [0, 0.05) is 18.7 Å². The smallest absolute Gasteiger partial charge is 0.329 e. The second-order valence-corrected chi connectivity index (χ2v) is 18.9. The van der Waals surface area contributed by atoms with E-state index in [1.54, 1.807) is 54.5 Å². The molecule has 0 unspecified atom stereocenters. The van der Waals surface area contributed by atoms with Crippen LogP contribution in [-0.2, 0) is 37.5 Å². The lowest BCUT2D eigenvalue weighted by Crippen LogP contribution is -2.57. The number of benzene rings is 6. The molecule has 16 heteroatoms. The van der Waals surface area contributed by atoms with E-state index >= 15 is 19.2 Å². The van der Waals surface area contributed by atoms with Crippen molar-refractivity contribution < 1.29 is 48.0 Å². The van der Waals surface area contributed by atoms with Crippen molar-refractivity contribution in [2.24, 2.45) is 11.7 Å². The number of primary amides is 1. The normalized spacial score (nSPS) is 21.9. The Hall–Kier alpha value is -8.65. The highest BCUT2D eigenvalue weighted by Gasteiger charge is 2.76. The number of carbonyl (C=O) groups is 5. The summed E-state index contributed by atoms with van der Waals surface area (Å²) in [5, 5.41) is 15.2. The number of ether oxygens (including phenoxy) is 4. The lowest BCUT2D eigenvalue weighted by molar-refractivity contribution is -0.179. The summed E-state index contributed by atoms with van der Waals surface area (Å²) in [7, 11) is 3.10. The van der Waals surface area contributed by atoms with Gasteiger partial charge in [-0.1, -0.05) is 115 Å². The molecule has 0 aromatic heterocycles. The highest BCUT2D eigenvalue weighted by atomic mass is 16.6. The van der Waals surface area contributed by atoms with Crippen LogP contribution in [0.4, 0.5) is 15.3 Å². The zero-order valence-corrected chi connectivity index (χ0v) is 41.6. The summed E-state index contributed by atoms with van der Waals surface area (Å²) in [5.41, 5.74) is 8.64. The number of hydrogen-bond acceptors (Lipinski definition) is 11. The maximum atomic E-state index is 16.9. The number of cyclic esters (lactones) is 1. The summed E-state index contributed by atoms with van der Waals surface area (Å²) in [6.07, 6.45) is -0.531. The fourth-order valence-corrected chi connectivity index (χ4v) is 11.5. The molecule has 0 radical (unpaired) electrons. The number of rotatable bonds is 12. The van der Waals surface area contributed by atoms with Crippen LogP contribution in [0.25, 0.3) is 0 Å². The van der Waals surface area contributed by atoms with Crippen LogP contribution in [0.1, 0.15) is 75.7 Å². The molecule has 2 saturated heterocycles. The van der Waals surface area contributed by atoms with E-state index < -0.39 is 71.5 Å². The van der Waals surface area contributed by atoms with E-state index in [9.17, 15) is 9.90 Å². The summed E-state index contributed by atoms with van der Waals surface area (Å²) < 4.78 is 23.9. The number of nitrogens with two attached hydrogens (primary N) is 1. The SMILES string of the molecule is COc1cc2c(cc1OC)CN(C(=O)[C@@H]1[C@H]3C(=O)O[C@H](c4ccccc4)[C@H](c4ccccc4)N3[C@H](c3ccc(OCCO)cc3)[C@@]13C(=O)N(C(=O)N[C@H](C)c1ccccc1)c1ccc(C#CCNC(N)=O)cc13)CC2. The number of morpholine rings is 1. The number of fused-ring (bicyclic) bond motifs is 4. The molecule has 2 fully saturated rings. The minimum atomic E-state index is -2.07. The van der Waals surface area contributed by atoms with Crippen LogP contribution in [0.5, 0.6) is 17.2 Å². The molecule has 6 aromatic rings. The standard InChI is InChI=1S/C59H56N6O10/c1-36(38-15-7-4-8-16-38)62-58(71)64-46-26-21-37(14-13-28-61-57(60)70)32-45(46)59(56(64)69)49(54(67)63-29-27-42-33-47(72-2)48(73-3)34-43(42)35-63)51-55(68)75-52(40-19-11-6-12-20-40)50(39-17-9-5-10-18-39)65(51)53(59)41-22-24-44(25-23-41)74-31-30-66/h4-12,15-26,32-34,36,49-53,66H,27-31,35H2,1-3H3,(H,62,71)(H3,60,61,70)/t36-,49+,50+,51+,52-,53-,59+/m1/s1. The third-order valence-corrected chi connectivity index (χ3v) is 14.7. The number of methoxy groups -OCH3 is 2. The van der Waals surface area contributed by atoms with Gasteiger partial charge in [-0.3, -0.25) is 19.3 Å². The summed E-state index contributed by atoms with van der Waals surface area (Å²) in [6.45, 7) is 1.82. The van der Waals surface area contributed by atoms with Crippen molar-refractivity contribution in [2.75, 3.05) is 45.4 Å². The second kappa shape index (κ2) is 21.1. The number of hydrogen-bond donors (Lipinski definition) is 4. The topological polar surface area (TPSA) is 202 Å². The molecule has 1 spiro atoms. The zero-order chi connectivity index (χ0) is 52.4. The number of urea groups is 2. The minimum Gasteiger partial charge on any atom is -0.493 e. The van der Waals surface area contributed by atoms with E-state index in [2.05, 4.69) is 22.5 Å². The number of anilines is 1. The van der Waals surface area contributed by atoms with Gasteiger partial charge in [0.15, 0.2) is 11.5 Å². The van der Waals surface area contributed by atoms with Crippen LogP contribution < -0.4 is 35.5 Å². The van der Waals surface area contributed by atoms with E-state index in [0.717, 1.165) is 27.2 Å². The van der Waals surface area contributed by atoms with Gasteiger partial charge in [0.2, 0.25) is 11.8 Å². The van der Waals surface area contributed by atoms with Crippen LogP contribution in [0.3, 0.4) is 0 Å². The first-order valence-electron chi connectivity index (χ1n) is 24.8. The monoisotopic (exact) mass is 1010 g/mol. The van der Waals surface area contributed by atoms with Crippen molar-refractivity contribution in [1.29, 1.82) is 0 Å². The molecule has 0 aliphatic carbocycles. The maximum absolute atomic E-state index is 16.9. The molecule has 4 aliphatic rings. The molecule has 4 aliphatic heterocycles. The van der Waals surface area contributed by atoms with Crippen molar-refractivity contribution in [3.8, 4) is 29.1 Å². The van der Waals surface area contributed by atoms with Crippen LogP contribution in [0, 0.1) is 17.8 Å². The second-order valence-electron chi connectivity index (χ2n) is 18.9. The number of amides is 6. The molecule has 4 heterocycles. The van der Waals surface area contributed by atoms with E-state index in [1.165, 1.54) is 7.11 Å². The van der Waals surface area contributed by atoms with E-state index in [0.29, 0.717) is 40.4 Å². The van der Waals surface area contributed by atoms with Gasteiger partial charge in [0.1, 0.15) is 29.9 Å². The zero-order valence-electron chi connectivity index (χ0n) is 41.6. The lowest BCUT2D eigenvalue weighted by atomic mass is 9.64. The van der Waals surface area contributed by atoms with Gasteiger partial charge < -0.3 is 45.3 Å². The Morgan fingerprint density at radius 1 is 0.813 bits per heavy atom. The average Bonchev–Trinajstić information content (AvgIpc) is 3.90. The molecular weight excluding hydrogens is 953 g/mol. The first-order valence-corrected chi connectivity index (χ1v) is 24.8. The van der Waals surface area contributed by atoms with Gasteiger partial charge in [0.25, 0.3) is 0 Å². The van der Waals surface area contributed by atoms with Crippen molar-refractivity contribution >= 4 is 35.5 Å². The van der Waals surface area contributed by atoms with Crippen LogP contribution in [0.2, 0.25) is 0 Å². The number of carbonyl (C=O) groups excluding carboxylic acids is 5. The summed E-state index contributed by atoms with van der Waals surface area (Å²) in [5.74, 6) is 3.94. The molecule has 16 nitrogen and oxygen atoms in total. The van der Waals surface area contributed by atoms with Crippen LogP contribution in [0.15, 0.2) is 146 Å². The van der Waals surface area contributed by atoms with E-state index in [-0.39, 0.29) is 44.1 Å². The Labute approximate surface area is 434 Å². The quantitative estimate of drug-likeness (QED) is 0.0741. The summed E-state index contributed by atoms with van der Waals surface area (Å²) >= 11 is 0. The van der Waals surface area contributed by atoms with Crippen molar-refractivity contribution in [2.45, 2.75) is 55.6 Å². The van der Waals surface area contributed by atoms with E-state index in [4.69, 9.17) is 24.7 Å². The molecule has 7 atom stereocenters. The molecule has 6 amide bonds. The maximum Gasteiger partial charge on any atom is 0.329 e. The third kappa shape index (κ3) is 9.04. The first kappa shape index (κ1) is 49.9. The Morgan fingerprint density at radius 2 is 1.47 bits per heavy atom. The molecule has 6 aromatic carbocycles. The van der Waals surface area contributed by atoms with Gasteiger partial charge in [0.05, 0.1) is 57.1 Å². The van der Waals surface area contributed by atoms with Crippen LogP contribution in [-0.4, -0.2) is 91.3 Å². The van der Waals surface area contributed by atoms with Crippen LogP contribution >= 0.6 is 0 Å². The number of imide groups is 1. The molecule has 10 rings (SSSR count). The minimum absolute atomic E-state index is 0.0197. The Morgan fingerprint density at radius 3 is 2.12 bits per heavy atom. The molecule has 0 saturated carbocycles. The van der Waals surface area contributed by atoms with Gasteiger partial charge in [-0.05, 0) is 94.8 Å². The summed E-state index contributed by atoms with van der Waals surface area (Å²) in [4.78, 5) is 80.9. The van der Waals surface area contributed by atoms with Crippen molar-refractivity contribution in [3.05, 3.63) is 190 Å². The van der Waals surface area contributed by atoms with Gasteiger partial charge >= 0.3 is 18.0 Å². The first-order chi connectivity index (χ1) is 36.5. The molecule has 0 bridgehead atoms. The fourth-order valence-electron chi connectivity index (χ4n) is 11.5. The lowest BCUT2D eigenvalue weighted by Gasteiger charge is -2.46. The highest BCUT2D eigenvalue weighted by molar-refractivity contribution is 6.24. The predicted molar refractivity (Wildman–Crippen MR) is 277 cm³/mol. The molecule has 75 heavy (non-hydrogen) atoms. The van der Waals surface area contributed by atoms with Crippen molar-refractivity contribution in [1.82, 2.24) is 20.4 Å². The number of aliphatic hydroxyl groups excluding tert-OH is 1. The largest absolute Gasteiger partial charge is 0.493 e. The Kier molecular flexibility index (Phi) is 14.0. The van der Waals surface area contributed by atoms with Gasteiger partial charge in [-0.25, -0.2) is 14.5 Å². The van der Waals surface area contributed by atoms with Gasteiger partial charge in [-0.15, -0.1) is 0 Å². The molecular formula is C59H56N6O10. The Balaban J connectivity index is 1.25. The predicted octanol–water partition coefficient (Wildman–Crippen LogP) is 6.82. The fraction of sp³-hybridized carbons (Fsp3) is 0.271. The number of nitrogens with zero attached hydrogens (tertiary/aromatic N) is 3. The summed E-state index contributed by atoms with van der Waals surface area (Å²) in [6, 6.07) is 38.5.